The van der Waals surface area contributed by atoms with E-state index in [4.69, 9.17) is 0 Å². The molecule has 0 N–H and O–H groups in total. The van der Waals surface area contributed by atoms with E-state index < -0.39 is 0 Å². The average molecular weight is 298 g/mol. The third-order valence-electron chi connectivity index (χ3n) is 3.71. The van der Waals surface area contributed by atoms with Crippen LogP contribution in [-0.4, -0.2) is 44.1 Å². The number of alkyl halides is 1. The van der Waals surface area contributed by atoms with E-state index in [0.29, 0.717) is 22.3 Å². The first-order valence-electron chi connectivity index (χ1n) is 6.81. The van der Waals surface area contributed by atoms with Crippen LogP contribution in [-0.2, 0) is 0 Å². The highest BCUT2D eigenvalue weighted by atomic mass is 79.9. The van der Waals surface area contributed by atoms with Crippen molar-refractivity contribution < 1.29 is 0 Å². The van der Waals surface area contributed by atoms with Crippen LogP contribution in [0.15, 0.2) is 47.4 Å². The maximum atomic E-state index is 3.69. The van der Waals surface area contributed by atoms with Crippen LogP contribution in [0.2, 0.25) is 17.5 Å². The molecular formula is C12H20B5Br. The fraction of sp³-hybridized carbons (Fsp3) is 0.333. The van der Waals surface area contributed by atoms with Gasteiger partial charge in [-0.25, -0.2) is 0 Å². The molecule has 0 aromatic carbocycles. The number of hydrogen-bond donors (Lipinski definition) is 0. The quantitative estimate of drug-likeness (QED) is 0.470. The minimum Gasteiger partial charge on any atom is -0.128 e. The van der Waals surface area contributed by atoms with Gasteiger partial charge in [0.1, 0.15) is 39.2 Å². The second-order valence-electron chi connectivity index (χ2n) is 5.38. The molecule has 1 aliphatic rings. The molecule has 0 fully saturated rings. The topological polar surface area (TPSA) is 0 Å². The molecule has 0 spiro atoms. The van der Waals surface area contributed by atoms with E-state index in [9.17, 15) is 0 Å². The lowest BCUT2D eigenvalue weighted by molar-refractivity contribution is 1.03. The molecule has 4 unspecified atom stereocenters. The minimum absolute atomic E-state index is 0.481. The van der Waals surface area contributed by atoms with Gasteiger partial charge in [0, 0.05) is 4.83 Å². The van der Waals surface area contributed by atoms with Crippen molar-refractivity contribution in [1.82, 2.24) is 0 Å². The van der Waals surface area contributed by atoms with Crippen LogP contribution in [0.25, 0.3) is 0 Å². The summed E-state index contributed by atoms with van der Waals surface area (Å²) in [6, 6.07) is 0. The molecule has 6 heteroatoms. The highest BCUT2D eigenvalue weighted by Gasteiger charge is 2.15. The molecular weight excluding hydrogens is 278 g/mol. The number of allylic oxidation sites excluding steroid dienone is 7. The summed E-state index contributed by atoms with van der Waals surface area (Å²) in [7, 11) is 11.1. The van der Waals surface area contributed by atoms with Gasteiger partial charge in [-0.05, 0) is 11.4 Å². The molecule has 18 heavy (non-hydrogen) atoms. The zero-order valence-corrected chi connectivity index (χ0v) is 13.7. The lowest BCUT2D eigenvalue weighted by Gasteiger charge is -2.21. The second-order valence-corrected chi connectivity index (χ2v) is 6.44. The lowest BCUT2D eigenvalue weighted by atomic mass is 9.65. The fourth-order valence-electron chi connectivity index (χ4n) is 2.09. The Bertz CT molecular complexity index is 399. The Kier molecular flexibility index (Phi) is 6.48. The van der Waals surface area contributed by atoms with Gasteiger partial charge in [0.15, 0.2) is 0 Å². The Morgan fingerprint density at radius 3 is 2.39 bits per heavy atom. The van der Waals surface area contributed by atoms with E-state index in [0.717, 1.165) is 0 Å². The standard InChI is InChI=1S/C12H20B5Br/c13-4-3-9(15)8(14)2-1-7-5-11(17)12(18)6-10(7)16/h1-6,8-9,11-12H,13-17H2/b2-1+,4-3+. The Hall–Kier alpha value is -0.235. The second kappa shape index (κ2) is 7.38. The summed E-state index contributed by atoms with van der Waals surface area (Å²) >= 11 is 3.69. The van der Waals surface area contributed by atoms with Crippen LogP contribution >= 0.6 is 15.9 Å². The van der Waals surface area contributed by atoms with Crippen molar-refractivity contribution in [3.63, 3.8) is 0 Å². The van der Waals surface area contributed by atoms with E-state index in [2.05, 4.69) is 91.5 Å². The summed E-state index contributed by atoms with van der Waals surface area (Å²) in [5.74, 6) is 3.88. The molecule has 4 atom stereocenters. The van der Waals surface area contributed by atoms with E-state index in [1.54, 1.807) is 0 Å². The monoisotopic (exact) mass is 298 g/mol. The van der Waals surface area contributed by atoms with Crippen molar-refractivity contribution >= 4 is 55.2 Å². The first-order valence-corrected chi connectivity index (χ1v) is 7.73. The van der Waals surface area contributed by atoms with Gasteiger partial charge in [-0.2, -0.15) is 0 Å². The largest absolute Gasteiger partial charge is 0.139 e. The van der Waals surface area contributed by atoms with Gasteiger partial charge in [-0.3, -0.25) is 0 Å². The summed E-state index contributed by atoms with van der Waals surface area (Å²) in [4.78, 5) is 0.481. The van der Waals surface area contributed by atoms with E-state index in [-0.39, 0.29) is 0 Å². The van der Waals surface area contributed by atoms with Gasteiger partial charge in [-0.1, -0.05) is 57.3 Å². The third kappa shape index (κ3) is 4.46. The molecule has 90 valence electrons. The molecule has 0 saturated carbocycles. The van der Waals surface area contributed by atoms with Gasteiger partial charge in [0.05, 0.1) is 0 Å². The molecule has 0 amide bonds. The summed E-state index contributed by atoms with van der Waals surface area (Å²) in [6.07, 6.45) is 11.5. The molecule has 0 saturated heterocycles. The van der Waals surface area contributed by atoms with Crippen molar-refractivity contribution in [3.8, 4) is 0 Å². The zero-order chi connectivity index (χ0) is 13.7. The van der Waals surface area contributed by atoms with Crippen LogP contribution < -0.4 is 0 Å². The van der Waals surface area contributed by atoms with Crippen molar-refractivity contribution in [1.29, 1.82) is 0 Å². The highest BCUT2D eigenvalue weighted by Crippen LogP contribution is 2.30. The predicted octanol–water partition coefficient (Wildman–Crippen LogP) is -0.825. The van der Waals surface area contributed by atoms with Crippen molar-refractivity contribution in [2.24, 2.45) is 0 Å². The predicted molar refractivity (Wildman–Crippen MR) is 101 cm³/mol. The van der Waals surface area contributed by atoms with Crippen LogP contribution in [0.1, 0.15) is 0 Å². The smallest absolute Gasteiger partial charge is 0.128 e. The van der Waals surface area contributed by atoms with Crippen LogP contribution in [0.5, 0.6) is 0 Å². The Balaban J connectivity index is 2.73. The molecule has 0 nitrogen and oxygen atoms in total. The summed E-state index contributed by atoms with van der Waals surface area (Å²) in [5, 5.41) is 0. The van der Waals surface area contributed by atoms with Gasteiger partial charge < -0.3 is 0 Å². The summed E-state index contributed by atoms with van der Waals surface area (Å²) in [6.45, 7) is 0. The van der Waals surface area contributed by atoms with E-state index >= 15 is 0 Å². The molecule has 0 aromatic heterocycles. The highest BCUT2D eigenvalue weighted by molar-refractivity contribution is 9.09. The first-order chi connectivity index (χ1) is 8.45. The van der Waals surface area contributed by atoms with Crippen molar-refractivity contribution in [2.75, 3.05) is 0 Å². The van der Waals surface area contributed by atoms with Crippen LogP contribution in [0.3, 0.4) is 0 Å². The molecule has 0 radical (unpaired) electrons. The van der Waals surface area contributed by atoms with E-state index in [1.165, 1.54) is 11.0 Å². The number of rotatable bonds is 4. The maximum absolute atomic E-state index is 3.69. The van der Waals surface area contributed by atoms with Crippen LogP contribution in [0.4, 0.5) is 0 Å². The van der Waals surface area contributed by atoms with Gasteiger partial charge >= 0.3 is 0 Å². The fourth-order valence-corrected chi connectivity index (χ4v) is 2.64. The van der Waals surface area contributed by atoms with Gasteiger partial charge in [-0.15, -0.1) is 12.1 Å². The average Bonchev–Trinajstić information content (AvgIpc) is 2.32. The molecule has 0 bridgehead atoms. The molecule has 1 rings (SSSR count). The third-order valence-corrected chi connectivity index (χ3v) is 4.81. The molecule has 0 aromatic rings. The zero-order valence-electron chi connectivity index (χ0n) is 12.2. The lowest BCUT2D eigenvalue weighted by Crippen LogP contribution is -2.10. The Labute approximate surface area is 125 Å². The number of hydrogen-bond acceptors (Lipinski definition) is 0. The summed E-state index contributed by atoms with van der Waals surface area (Å²) < 4.78 is 0. The maximum Gasteiger partial charge on any atom is 0.139 e. The SMILES string of the molecule is B/C=C/C(B)C(B)/C=C/C1=CC(B)C(Br)C=C1B. The summed E-state index contributed by atoms with van der Waals surface area (Å²) in [5.41, 5.74) is 2.75. The van der Waals surface area contributed by atoms with Gasteiger partial charge in [0.25, 0.3) is 0 Å². The minimum atomic E-state index is 0.481. The van der Waals surface area contributed by atoms with E-state index in [1.807, 2.05) is 0 Å². The molecule has 0 heterocycles. The molecule has 1 aliphatic carbocycles. The Morgan fingerprint density at radius 1 is 1.17 bits per heavy atom. The number of halogens is 1. The first kappa shape index (κ1) is 15.8. The van der Waals surface area contributed by atoms with Crippen molar-refractivity contribution in [3.05, 3.63) is 47.4 Å². The van der Waals surface area contributed by atoms with Crippen LogP contribution in [0, 0.1) is 0 Å². The van der Waals surface area contributed by atoms with Gasteiger partial charge in [0.2, 0.25) is 0 Å². The molecule has 0 aliphatic heterocycles. The van der Waals surface area contributed by atoms with Crippen molar-refractivity contribution in [2.45, 2.75) is 22.3 Å². The Morgan fingerprint density at radius 2 is 1.78 bits per heavy atom. The normalized spacial score (nSPS) is 28.1.